The number of amides is 3. The number of rotatable bonds is 7. The summed E-state index contributed by atoms with van der Waals surface area (Å²) in [4.78, 5) is 45.4. The van der Waals surface area contributed by atoms with Crippen LogP contribution in [0.2, 0.25) is 0 Å². The first kappa shape index (κ1) is 28.1. The van der Waals surface area contributed by atoms with Crippen molar-refractivity contribution >= 4 is 29.1 Å². The lowest BCUT2D eigenvalue weighted by Crippen LogP contribution is -2.59. The highest BCUT2D eigenvalue weighted by atomic mass is 32.1. The first-order chi connectivity index (χ1) is 17.7. The molecule has 2 aliphatic rings. The number of carbonyl (C=O) groups is 3. The fraction of sp³-hybridized carbons (Fsp3) is 0.556. The fourth-order valence-electron chi connectivity index (χ4n) is 4.66. The molecule has 4 rings (SSSR count). The number of β-amino-alcohol motifs (C(OH)–C–C–N with tert-alkyl or cyclic N) is 1. The smallest absolute Gasteiger partial charge is 0.258 e. The van der Waals surface area contributed by atoms with Crippen LogP contribution in [0.1, 0.15) is 64.3 Å². The molecule has 2 fully saturated rings. The van der Waals surface area contributed by atoms with E-state index in [0.717, 1.165) is 10.6 Å². The Balaban J connectivity index is 1.48. The summed E-state index contributed by atoms with van der Waals surface area (Å²) in [6.07, 6.45) is -0.696. The third kappa shape index (κ3) is 5.73. The van der Waals surface area contributed by atoms with E-state index in [-0.39, 0.29) is 25.8 Å². The van der Waals surface area contributed by atoms with Gasteiger partial charge in [-0.05, 0) is 43.7 Å². The number of hydrogen-bond acceptors (Lipinski definition) is 6. The van der Waals surface area contributed by atoms with E-state index in [4.69, 9.17) is 0 Å². The van der Waals surface area contributed by atoms with Crippen LogP contribution in [0.3, 0.4) is 0 Å². The van der Waals surface area contributed by atoms with Crippen LogP contribution < -0.4 is 10.6 Å². The number of halogens is 2. The monoisotopic (exact) mass is 548 g/mol. The molecule has 3 N–H and O–H groups in total. The fourth-order valence-corrected chi connectivity index (χ4v) is 5.49. The molecule has 1 aromatic carbocycles. The van der Waals surface area contributed by atoms with E-state index in [9.17, 15) is 28.3 Å². The van der Waals surface area contributed by atoms with Gasteiger partial charge in [0.05, 0.1) is 28.2 Å². The van der Waals surface area contributed by atoms with Gasteiger partial charge in [-0.25, -0.2) is 13.8 Å². The molecule has 0 radical (unpaired) electrons. The molecule has 0 spiro atoms. The quantitative estimate of drug-likeness (QED) is 0.491. The van der Waals surface area contributed by atoms with Crippen LogP contribution in [0.4, 0.5) is 8.78 Å². The van der Waals surface area contributed by atoms with E-state index in [1.807, 2.05) is 6.92 Å². The highest BCUT2D eigenvalue weighted by molar-refractivity contribution is 7.13. The Kier molecular flexibility index (Phi) is 7.64. The van der Waals surface area contributed by atoms with E-state index in [1.54, 1.807) is 45.3 Å². The molecule has 1 aliphatic heterocycles. The van der Waals surface area contributed by atoms with E-state index in [2.05, 4.69) is 15.6 Å². The molecular formula is C27H34F2N4O4S. The Morgan fingerprint density at radius 1 is 1.24 bits per heavy atom. The summed E-state index contributed by atoms with van der Waals surface area (Å²) >= 11 is 1.34. The van der Waals surface area contributed by atoms with E-state index in [1.165, 1.54) is 22.3 Å². The number of nitrogens with zero attached hydrogens (tertiary/aromatic N) is 2. The van der Waals surface area contributed by atoms with Gasteiger partial charge < -0.3 is 20.6 Å². The van der Waals surface area contributed by atoms with Crippen molar-refractivity contribution in [2.45, 2.75) is 83.8 Å². The van der Waals surface area contributed by atoms with Gasteiger partial charge >= 0.3 is 0 Å². The summed E-state index contributed by atoms with van der Waals surface area (Å²) in [6, 6.07) is 2.08. The summed E-state index contributed by atoms with van der Waals surface area (Å²) in [5.74, 6) is -2.34. The maximum absolute atomic E-state index is 14.9. The van der Waals surface area contributed by atoms with Crippen LogP contribution in [0.15, 0.2) is 23.7 Å². The molecular weight excluding hydrogens is 514 g/mol. The topological polar surface area (TPSA) is 112 Å². The molecule has 8 nitrogen and oxygen atoms in total. The van der Waals surface area contributed by atoms with Gasteiger partial charge in [0.15, 0.2) is 5.67 Å². The second-order valence-corrected chi connectivity index (χ2v) is 12.2. The molecule has 2 heterocycles. The average Bonchev–Trinajstić information content (AvgIpc) is 3.25. The van der Waals surface area contributed by atoms with Crippen LogP contribution in [-0.2, 0) is 14.4 Å². The third-order valence-corrected chi connectivity index (χ3v) is 8.15. The normalized spacial score (nSPS) is 22.1. The lowest BCUT2D eigenvalue weighted by Gasteiger charge is -2.35. The van der Waals surface area contributed by atoms with Crippen LogP contribution in [0.25, 0.3) is 10.4 Å². The number of carbonyl (C=O) groups excluding carboxylic acids is 3. The van der Waals surface area contributed by atoms with Gasteiger partial charge in [-0.2, -0.15) is 0 Å². The van der Waals surface area contributed by atoms with Crippen molar-refractivity contribution in [2.24, 2.45) is 5.41 Å². The van der Waals surface area contributed by atoms with Gasteiger partial charge in [-0.1, -0.05) is 32.9 Å². The number of aromatic nitrogens is 1. The predicted octanol–water partition coefficient (Wildman–Crippen LogP) is 3.43. The second kappa shape index (κ2) is 10.3. The molecule has 4 atom stereocenters. The maximum Gasteiger partial charge on any atom is 0.258 e. The minimum absolute atomic E-state index is 0.0140. The maximum atomic E-state index is 14.9. The summed E-state index contributed by atoms with van der Waals surface area (Å²) in [6.45, 7) is 8.64. The highest BCUT2D eigenvalue weighted by Gasteiger charge is 2.53. The van der Waals surface area contributed by atoms with E-state index < -0.39 is 58.9 Å². The van der Waals surface area contributed by atoms with Crippen molar-refractivity contribution in [3.8, 4) is 10.4 Å². The molecule has 1 aromatic heterocycles. The van der Waals surface area contributed by atoms with Crippen molar-refractivity contribution in [1.82, 2.24) is 20.5 Å². The second-order valence-electron chi connectivity index (χ2n) is 11.4. The van der Waals surface area contributed by atoms with Crippen molar-refractivity contribution in [3.05, 3.63) is 40.8 Å². The Labute approximate surface area is 224 Å². The zero-order chi connectivity index (χ0) is 28.0. The zero-order valence-electron chi connectivity index (χ0n) is 22.2. The minimum atomic E-state index is -1.95. The summed E-state index contributed by atoms with van der Waals surface area (Å²) in [5.41, 5.74) is 0.632. The number of aryl methyl sites for hydroxylation is 1. The van der Waals surface area contributed by atoms with Crippen LogP contribution in [0, 0.1) is 18.2 Å². The molecule has 0 bridgehead atoms. The number of likely N-dealkylation sites (tertiary alicyclic amines) is 1. The molecule has 3 amide bonds. The van der Waals surface area contributed by atoms with Crippen LogP contribution >= 0.6 is 11.3 Å². The molecule has 1 saturated carbocycles. The summed E-state index contributed by atoms with van der Waals surface area (Å²) in [5, 5.41) is 15.7. The highest BCUT2D eigenvalue weighted by Crippen LogP contribution is 2.40. The van der Waals surface area contributed by atoms with E-state index >= 15 is 0 Å². The number of thiazole rings is 1. The lowest BCUT2D eigenvalue weighted by atomic mass is 9.85. The van der Waals surface area contributed by atoms with Gasteiger partial charge in [0.25, 0.3) is 5.91 Å². The Morgan fingerprint density at radius 3 is 2.47 bits per heavy atom. The zero-order valence-corrected chi connectivity index (χ0v) is 23.0. The van der Waals surface area contributed by atoms with Gasteiger partial charge in [-0.15, -0.1) is 11.3 Å². The predicted molar refractivity (Wildman–Crippen MR) is 139 cm³/mol. The number of alkyl halides is 1. The van der Waals surface area contributed by atoms with Crippen LogP contribution in [-0.4, -0.2) is 63.1 Å². The largest absolute Gasteiger partial charge is 0.391 e. The number of hydrogen-bond donors (Lipinski definition) is 3. The lowest BCUT2D eigenvalue weighted by molar-refractivity contribution is -0.145. The first-order valence-electron chi connectivity index (χ1n) is 12.7. The van der Waals surface area contributed by atoms with E-state index in [0.29, 0.717) is 11.1 Å². The van der Waals surface area contributed by atoms with Gasteiger partial charge in [0, 0.05) is 18.5 Å². The molecule has 0 unspecified atom stereocenters. The molecule has 206 valence electrons. The van der Waals surface area contributed by atoms with Crippen LogP contribution in [0.5, 0.6) is 0 Å². The minimum Gasteiger partial charge on any atom is -0.391 e. The molecule has 1 saturated heterocycles. The van der Waals surface area contributed by atoms with Gasteiger partial charge in [0.1, 0.15) is 17.9 Å². The standard InChI is InChI=1S/C27H34F2N4O4S/c1-14(16-6-7-18(19(28)10-16)21-15(2)30-13-38-21)31-23(35)20-11-17(34)12-33(20)24(36)22(26(3,4)5)32-25(37)27(29)8-9-27/h6-7,10,13-14,17,20,22,34H,8-9,11-12H2,1-5H3,(H,31,35)(H,32,37)/t14-,17+,20-,22+/m0/s1. The number of benzene rings is 1. The molecule has 1 aliphatic carbocycles. The summed E-state index contributed by atoms with van der Waals surface area (Å²) < 4.78 is 29.3. The number of nitrogens with one attached hydrogen (secondary N) is 2. The summed E-state index contributed by atoms with van der Waals surface area (Å²) in [7, 11) is 0. The SMILES string of the molecule is Cc1ncsc1-c1ccc([C@H](C)NC(=O)[C@@H]2C[C@@H](O)CN2C(=O)[C@@H](NC(=O)C2(F)CC2)C(C)(C)C)cc1F. The first-order valence-corrected chi connectivity index (χ1v) is 13.6. The number of aliphatic hydroxyl groups excluding tert-OH is 1. The Morgan fingerprint density at radius 2 is 1.92 bits per heavy atom. The van der Waals surface area contributed by atoms with Crippen molar-refractivity contribution in [2.75, 3.05) is 6.54 Å². The molecule has 11 heteroatoms. The third-order valence-electron chi connectivity index (χ3n) is 7.19. The molecule has 2 aromatic rings. The molecule has 38 heavy (non-hydrogen) atoms. The van der Waals surface area contributed by atoms with Crippen molar-refractivity contribution in [3.63, 3.8) is 0 Å². The number of aliphatic hydroxyl groups is 1. The van der Waals surface area contributed by atoms with Crippen molar-refractivity contribution in [1.29, 1.82) is 0 Å². The average molecular weight is 549 g/mol. The Bertz CT molecular complexity index is 1240. The Hall–Kier alpha value is -2.92. The van der Waals surface area contributed by atoms with Gasteiger partial charge in [-0.3, -0.25) is 14.4 Å². The van der Waals surface area contributed by atoms with Gasteiger partial charge in [0.2, 0.25) is 11.8 Å². The van der Waals surface area contributed by atoms with Crippen molar-refractivity contribution < 1.29 is 28.3 Å².